The number of allylic oxidation sites excluding steroid dienone is 4. The zero-order chi connectivity index (χ0) is 12.8. The lowest BCUT2D eigenvalue weighted by molar-refractivity contribution is -0.104. The number of carbonyl (C=O) groups excluding carboxylic acids is 1. The van der Waals surface area contributed by atoms with Crippen LogP contribution in [0.2, 0.25) is 0 Å². The van der Waals surface area contributed by atoms with Gasteiger partial charge in [0.1, 0.15) is 5.04 Å². The molecule has 0 radical (unpaired) electrons. The van der Waals surface area contributed by atoms with Gasteiger partial charge in [-0.1, -0.05) is 11.8 Å². The number of carbonyl (C=O) groups is 1. The molecule has 0 spiro atoms. The summed E-state index contributed by atoms with van der Waals surface area (Å²) in [4.78, 5) is 17.5. The van der Waals surface area contributed by atoms with Crippen LogP contribution in [0.25, 0.3) is 0 Å². The Labute approximate surface area is 105 Å². The van der Waals surface area contributed by atoms with Crippen molar-refractivity contribution in [3.63, 3.8) is 0 Å². The first-order valence-electron chi connectivity index (χ1n) is 4.96. The molecule has 4 nitrogen and oxygen atoms in total. The Morgan fingerprint density at radius 3 is 2.82 bits per heavy atom. The largest absolute Gasteiger partial charge is 0.381 e. The second kappa shape index (κ2) is 6.06. The van der Waals surface area contributed by atoms with Crippen LogP contribution in [0.4, 0.5) is 0 Å². The van der Waals surface area contributed by atoms with E-state index < -0.39 is 0 Å². The zero-order valence-electron chi connectivity index (χ0n) is 9.97. The summed E-state index contributed by atoms with van der Waals surface area (Å²) in [7, 11) is 3.87. The number of nitrogens with zero attached hydrogens (tertiary/aromatic N) is 3. The molecule has 0 aromatic carbocycles. The van der Waals surface area contributed by atoms with Crippen LogP contribution >= 0.6 is 11.8 Å². The summed E-state index contributed by atoms with van der Waals surface area (Å²) in [6.45, 7) is 1.96. The van der Waals surface area contributed by atoms with Crippen molar-refractivity contribution >= 4 is 23.1 Å². The molecular weight excluding hydrogens is 234 g/mol. The second-order valence-corrected chi connectivity index (χ2v) is 4.60. The molecule has 1 rings (SSSR count). The van der Waals surface area contributed by atoms with Crippen LogP contribution in [0.15, 0.2) is 39.5 Å². The Hall–Kier alpha value is -1.80. The topological polar surface area (TPSA) is 56.5 Å². The Morgan fingerprint density at radius 1 is 1.59 bits per heavy atom. The first-order chi connectivity index (χ1) is 8.10. The molecule has 5 heteroatoms. The number of aldehydes is 1. The zero-order valence-corrected chi connectivity index (χ0v) is 10.8. The number of rotatable bonds is 3. The highest BCUT2D eigenvalue weighted by molar-refractivity contribution is 8.18. The SMILES string of the molecule is C/C(=C1/C=C(C=O)S/C1=N/C=C/C#N)N(C)C. The molecule has 1 aliphatic heterocycles. The van der Waals surface area contributed by atoms with Gasteiger partial charge in [-0.3, -0.25) is 4.79 Å². The fourth-order valence-electron chi connectivity index (χ4n) is 1.19. The third kappa shape index (κ3) is 3.33. The number of hydrogen-bond donors (Lipinski definition) is 0. The van der Waals surface area contributed by atoms with E-state index in [2.05, 4.69) is 4.99 Å². The third-order valence-corrected chi connectivity index (χ3v) is 3.22. The molecule has 0 unspecified atom stereocenters. The van der Waals surface area contributed by atoms with Crippen LogP contribution in [0, 0.1) is 11.3 Å². The molecule has 0 aromatic rings. The van der Waals surface area contributed by atoms with Crippen molar-refractivity contribution in [1.82, 2.24) is 4.90 Å². The van der Waals surface area contributed by atoms with Crippen molar-refractivity contribution in [3.8, 4) is 6.07 Å². The molecule has 1 heterocycles. The monoisotopic (exact) mass is 247 g/mol. The molecule has 0 amide bonds. The van der Waals surface area contributed by atoms with Crippen molar-refractivity contribution in [1.29, 1.82) is 5.26 Å². The van der Waals surface area contributed by atoms with Crippen LogP contribution in [-0.2, 0) is 4.79 Å². The molecule has 0 aliphatic carbocycles. The van der Waals surface area contributed by atoms with E-state index in [0.717, 1.165) is 22.6 Å². The number of hydrogen-bond acceptors (Lipinski definition) is 5. The first kappa shape index (κ1) is 13.3. The fourth-order valence-corrected chi connectivity index (χ4v) is 2.07. The van der Waals surface area contributed by atoms with E-state index in [1.165, 1.54) is 24.0 Å². The van der Waals surface area contributed by atoms with Crippen LogP contribution in [0.5, 0.6) is 0 Å². The molecular formula is C12H13N3OS. The Kier molecular flexibility index (Phi) is 4.73. The van der Waals surface area contributed by atoms with Gasteiger partial charge in [0, 0.05) is 37.6 Å². The molecule has 0 atom stereocenters. The van der Waals surface area contributed by atoms with E-state index in [9.17, 15) is 4.79 Å². The lowest BCUT2D eigenvalue weighted by Gasteiger charge is -2.15. The second-order valence-electron chi connectivity index (χ2n) is 3.54. The van der Waals surface area contributed by atoms with Crippen LogP contribution in [-0.4, -0.2) is 30.3 Å². The number of thioether (sulfide) groups is 1. The smallest absolute Gasteiger partial charge is 0.156 e. The van der Waals surface area contributed by atoms with Gasteiger partial charge in [0.2, 0.25) is 0 Å². The van der Waals surface area contributed by atoms with E-state index in [-0.39, 0.29) is 0 Å². The Morgan fingerprint density at radius 2 is 2.29 bits per heavy atom. The fraction of sp³-hybridized carbons (Fsp3) is 0.250. The Bertz CT molecular complexity index is 478. The average molecular weight is 247 g/mol. The molecule has 0 N–H and O–H groups in total. The van der Waals surface area contributed by atoms with Gasteiger partial charge in [-0.15, -0.1) is 0 Å². The molecule has 0 fully saturated rings. The van der Waals surface area contributed by atoms with Crippen molar-refractivity contribution in [2.75, 3.05) is 14.1 Å². The summed E-state index contributed by atoms with van der Waals surface area (Å²) >= 11 is 1.31. The van der Waals surface area contributed by atoms with E-state index in [4.69, 9.17) is 5.26 Å². The van der Waals surface area contributed by atoms with Gasteiger partial charge in [0.15, 0.2) is 6.29 Å². The van der Waals surface area contributed by atoms with Crippen molar-refractivity contribution in [2.24, 2.45) is 4.99 Å². The van der Waals surface area contributed by atoms with Crippen molar-refractivity contribution in [2.45, 2.75) is 6.92 Å². The highest BCUT2D eigenvalue weighted by atomic mass is 32.2. The maximum Gasteiger partial charge on any atom is 0.156 e. The maximum absolute atomic E-state index is 10.8. The summed E-state index contributed by atoms with van der Waals surface area (Å²) in [5.74, 6) is 0. The van der Waals surface area contributed by atoms with Crippen LogP contribution in [0.1, 0.15) is 6.92 Å². The van der Waals surface area contributed by atoms with Gasteiger partial charge >= 0.3 is 0 Å². The third-order valence-electron chi connectivity index (χ3n) is 2.25. The van der Waals surface area contributed by atoms with Crippen LogP contribution < -0.4 is 0 Å². The lowest BCUT2D eigenvalue weighted by Crippen LogP contribution is -2.12. The summed E-state index contributed by atoms with van der Waals surface area (Å²) in [6.07, 6.45) is 5.36. The minimum atomic E-state index is 0.630. The summed E-state index contributed by atoms with van der Waals surface area (Å²) < 4.78 is 0. The van der Waals surface area contributed by atoms with Gasteiger partial charge in [0.25, 0.3) is 0 Å². The van der Waals surface area contributed by atoms with Crippen molar-refractivity contribution < 1.29 is 4.79 Å². The van der Waals surface area contributed by atoms with Gasteiger partial charge in [-0.25, -0.2) is 4.99 Å². The minimum Gasteiger partial charge on any atom is -0.381 e. The normalized spacial score (nSPS) is 20.4. The highest BCUT2D eigenvalue weighted by Gasteiger charge is 2.20. The number of nitriles is 1. The number of aliphatic imine (C=N–C) groups is 1. The Balaban J connectivity index is 3.14. The predicted octanol–water partition coefficient (Wildman–Crippen LogP) is 2.09. The minimum absolute atomic E-state index is 0.630. The summed E-state index contributed by atoms with van der Waals surface area (Å²) in [5.41, 5.74) is 1.95. The van der Waals surface area contributed by atoms with E-state index >= 15 is 0 Å². The van der Waals surface area contributed by atoms with E-state index in [1.54, 1.807) is 0 Å². The average Bonchev–Trinajstić information content (AvgIpc) is 2.71. The standard InChI is InChI=1S/C12H13N3OS/c1-9(15(2)3)11-7-10(8-16)17-12(11)14-6-4-5-13/h4,6-8H,1-3H3/b6-4+,11-9+,14-12+. The van der Waals surface area contributed by atoms with Gasteiger partial charge in [-0.2, -0.15) is 5.26 Å². The molecule has 0 saturated carbocycles. The van der Waals surface area contributed by atoms with E-state index in [1.807, 2.05) is 38.1 Å². The highest BCUT2D eigenvalue weighted by Crippen LogP contribution is 2.32. The quantitative estimate of drug-likeness (QED) is 0.566. The first-order valence-corrected chi connectivity index (χ1v) is 5.77. The maximum atomic E-state index is 10.8. The molecule has 88 valence electrons. The predicted molar refractivity (Wildman–Crippen MR) is 70.3 cm³/mol. The van der Waals surface area contributed by atoms with Gasteiger partial charge in [0.05, 0.1) is 11.0 Å². The molecule has 0 aromatic heterocycles. The van der Waals surface area contributed by atoms with Crippen LogP contribution in [0.3, 0.4) is 0 Å². The van der Waals surface area contributed by atoms with Gasteiger partial charge < -0.3 is 4.90 Å². The molecule has 0 saturated heterocycles. The van der Waals surface area contributed by atoms with E-state index in [0.29, 0.717) is 4.91 Å². The lowest BCUT2D eigenvalue weighted by atomic mass is 10.2. The van der Waals surface area contributed by atoms with Gasteiger partial charge in [-0.05, 0) is 13.0 Å². The molecule has 1 aliphatic rings. The van der Waals surface area contributed by atoms with Crippen molar-refractivity contribution in [3.05, 3.63) is 34.5 Å². The molecule has 17 heavy (non-hydrogen) atoms. The molecule has 0 bridgehead atoms. The summed E-state index contributed by atoms with van der Waals surface area (Å²) in [6, 6.07) is 1.87. The summed E-state index contributed by atoms with van der Waals surface area (Å²) in [5, 5.41) is 9.14.